The molecule has 1 aromatic rings. The number of carbonyl (C=O) groups excluding carboxylic acids is 1. The van der Waals surface area contributed by atoms with Crippen molar-refractivity contribution in [2.24, 2.45) is 4.99 Å². The number of nitrogens with zero attached hydrogens (tertiary/aromatic N) is 2. The van der Waals surface area contributed by atoms with Crippen LogP contribution >= 0.6 is 0 Å². The number of amides is 1. The van der Waals surface area contributed by atoms with Gasteiger partial charge >= 0.3 is 6.09 Å². The number of benzene rings is 1. The Morgan fingerprint density at radius 2 is 1.90 bits per heavy atom. The van der Waals surface area contributed by atoms with Gasteiger partial charge in [0.15, 0.2) is 0 Å². The molecule has 0 aromatic heterocycles. The van der Waals surface area contributed by atoms with E-state index < -0.39 is 11.7 Å². The summed E-state index contributed by atoms with van der Waals surface area (Å²) in [4.78, 5) is 15.7. The van der Waals surface area contributed by atoms with E-state index in [0.717, 1.165) is 5.56 Å². The molecule has 0 saturated carbocycles. The predicted octanol–water partition coefficient (Wildman–Crippen LogP) is 3.12. The monoisotopic (exact) mass is 288 g/mol. The Kier molecular flexibility index (Phi) is 6.07. The van der Waals surface area contributed by atoms with Crippen LogP contribution in [0.25, 0.3) is 0 Å². The van der Waals surface area contributed by atoms with Gasteiger partial charge in [-0.1, -0.05) is 12.1 Å². The summed E-state index contributed by atoms with van der Waals surface area (Å²) in [7, 11) is 1.55. The van der Waals surface area contributed by atoms with Gasteiger partial charge in [-0.3, -0.25) is 0 Å². The van der Waals surface area contributed by atoms with Crippen LogP contribution in [0.4, 0.5) is 4.79 Å². The van der Waals surface area contributed by atoms with E-state index in [1.165, 1.54) is 0 Å². The third-order valence-electron chi connectivity index (χ3n) is 2.45. The van der Waals surface area contributed by atoms with Crippen LogP contribution in [-0.4, -0.2) is 31.1 Å². The zero-order valence-electron chi connectivity index (χ0n) is 12.8. The lowest BCUT2D eigenvalue weighted by atomic mass is 10.1. The normalized spacial score (nSPS) is 11.9. The maximum atomic E-state index is 11.7. The van der Waals surface area contributed by atoms with Crippen molar-refractivity contribution in [1.82, 2.24) is 0 Å². The van der Waals surface area contributed by atoms with Crippen molar-refractivity contribution in [1.29, 1.82) is 5.26 Å². The Morgan fingerprint density at radius 3 is 2.38 bits per heavy atom. The van der Waals surface area contributed by atoms with Gasteiger partial charge in [0, 0.05) is 13.5 Å². The minimum absolute atomic E-state index is 0.249. The fourth-order valence-electron chi connectivity index (χ4n) is 1.64. The van der Waals surface area contributed by atoms with Gasteiger partial charge in [-0.2, -0.15) is 10.3 Å². The highest BCUT2D eigenvalue weighted by Gasteiger charge is 2.16. The largest absolute Gasteiger partial charge is 0.442 e. The molecule has 0 radical (unpaired) electrons. The Morgan fingerprint density at radius 1 is 1.29 bits per heavy atom. The van der Waals surface area contributed by atoms with Gasteiger partial charge in [0.2, 0.25) is 0 Å². The first-order valence-corrected chi connectivity index (χ1v) is 6.61. The Balaban J connectivity index is 2.81. The maximum absolute atomic E-state index is 11.7. The number of rotatable bonds is 4. The van der Waals surface area contributed by atoms with Gasteiger partial charge in [-0.05, 0) is 38.5 Å². The summed E-state index contributed by atoms with van der Waals surface area (Å²) in [6.45, 7) is 5.62. The van der Waals surface area contributed by atoms with Crippen LogP contribution in [0.2, 0.25) is 0 Å². The second-order valence-electron chi connectivity index (χ2n) is 5.58. The summed E-state index contributed by atoms with van der Waals surface area (Å²) in [5, 5.41) is 8.77. The summed E-state index contributed by atoms with van der Waals surface area (Å²) in [5.41, 5.74) is 1.55. The van der Waals surface area contributed by atoms with E-state index in [1.807, 2.05) is 12.1 Å². The number of hydrogen-bond acceptors (Lipinski definition) is 4. The molecule has 1 aromatic carbocycles. The van der Waals surface area contributed by atoms with Crippen molar-refractivity contribution in [3.8, 4) is 6.07 Å². The van der Waals surface area contributed by atoms with Gasteiger partial charge in [-0.25, -0.2) is 4.79 Å². The molecule has 1 amide bonds. The predicted molar refractivity (Wildman–Crippen MR) is 80.4 cm³/mol. The molecular formula is C16H20N2O3. The molecule has 0 spiro atoms. The van der Waals surface area contributed by atoms with Crippen molar-refractivity contribution in [3.63, 3.8) is 0 Å². The van der Waals surface area contributed by atoms with Crippen molar-refractivity contribution >= 4 is 11.8 Å². The highest BCUT2D eigenvalue weighted by Crippen LogP contribution is 2.10. The highest BCUT2D eigenvalue weighted by molar-refractivity contribution is 5.95. The zero-order chi connectivity index (χ0) is 15.9. The third kappa shape index (κ3) is 6.68. The van der Waals surface area contributed by atoms with Crippen molar-refractivity contribution in [3.05, 3.63) is 35.4 Å². The van der Waals surface area contributed by atoms with E-state index in [-0.39, 0.29) is 6.61 Å². The van der Waals surface area contributed by atoms with Gasteiger partial charge in [0.25, 0.3) is 0 Å². The number of hydrogen-bond donors (Lipinski definition) is 0. The minimum atomic E-state index is -0.622. The summed E-state index contributed by atoms with van der Waals surface area (Å²) < 4.78 is 10.2. The average Bonchev–Trinajstić information content (AvgIpc) is 2.37. The molecule has 112 valence electrons. The summed E-state index contributed by atoms with van der Waals surface area (Å²) in [6.07, 6.45) is -0.151. The fourth-order valence-corrected chi connectivity index (χ4v) is 1.64. The molecule has 0 aliphatic rings. The molecule has 0 bridgehead atoms. The highest BCUT2D eigenvalue weighted by atomic mass is 16.6. The van der Waals surface area contributed by atoms with E-state index in [0.29, 0.717) is 17.7 Å². The molecule has 0 heterocycles. The molecule has 0 unspecified atom stereocenters. The number of carbonyl (C=O) groups is 1. The first-order valence-electron chi connectivity index (χ1n) is 6.61. The topological polar surface area (TPSA) is 71.7 Å². The van der Waals surface area contributed by atoms with Crippen LogP contribution in [-0.2, 0) is 15.9 Å². The summed E-state index contributed by atoms with van der Waals surface area (Å²) in [5.74, 6) is 0. The fraction of sp³-hybridized carbons (Fsp3) is 0.438. The molecule has 0 saturated heterocycles. The minimum Gasteiger partial charge on any atom is -0.442 e. The van der Waals surface area contributed by atoms with E-state index in [1.54, 1.807) is 40.0 Å². The van der Waals surface area contributed by atoms with Crippen LogP contribution in [0.3, 0.4) is 0 Å². The van der Waals surface area contributed by atoms with Crippen LogP contribution < -0.4 is 0 Å². The Bertz CT molecular complexity index is 548. The molecule has 0 fully saturated rings. The molecule has 5 nitrogen and oxygen atoms in total. The van der Waals surface area contributed by atoms with E-state index in [4.69, 9.17) is 14.7 Å². The van der Waals surface area contributed by atoms with Crippen LogP contribution in [0.15, 0.2) is 29.3 Å². The number of methoxy groups -OCH3 is 1. The molecule has 5 heteroatoms. The maximum Gasteiger partial charge on any atom is 0.434 e. The number of aliphatic imine (C=N–C) groups is 1. The summed E-state index contributed by atoms with van der Waals surface area (Å²) in [6, 6.07) is 9.18. The lowest BCUT2D eigenvalue weighted by Gasteiger charge is -2.17. The smallest absolute Gasteiger partial charge is 0.434 e. The second-order valence-corrected chi connectivity index (χ2v) is 5.58. The molecule has 0 atom stereocenters. The molecule has 0 N–H and O–H groups in total. The average molecular weight is 288 g/mol. The van der Waals surface area contributed by atoms with E-state index >= 15 is 0 Å². The lowest BCUT2D eigenvalue weighted by Crippen LogP contribution is -2.23. The second kappa shape index (κ2) is 7.55. The number of nitriles is 1. The quantitative estimate of drug-likeness (QED) is 0.798. The van der Waals surface area contributed by atoms with E-state index in [9.17, 15) is 4.79 Å². The van der Waals surface area contributed by atoms with Gasteiger partial charge in [-0.15, -0.1) is 0 Å². The molecule has 0 aliphatic heterocycles. The van der Waals surface area contributed by atoms with Gasteiger partial charge < -0.3 is 9.47 Å². The molecule has 21 heavy (non-hydrogen) atoms. The zero-order valence-corrected chi connectivity index (χ0v) is 12.8. The first kappa shape index (κ1) is 16.9. The van der Waals surface area contributed by atoms with Crippen molar-refractivity contribution in [2.75, 3.05) is 13.7 Å². The lowest BCUT2D eigenvalue weighted by molar-refractivity contribution is 0.0602. The van der Waals surface area contributed by atoms with Gasteiger partial charge in [0.05, 0.1) is 24.0 Å². The SMILES string of the molecule is COCC(Cc1ccc(C#N)cc1)=NC(=O)OC(C)(C)C. The van der Waals surface area contributed by atoms with Crippen molar-refractivity contribution in [2.45, 2.75) is 32.8 Å². The van der Waals surface area contributed by atoms with E-state index in [2.05, 4.69) is 11.1 Å². The standard InChI is InChI=1S/C16H20N2O3/c1-16(2,3)21-15(19)18-14(11-20-4)9-12-5-7-13(10-17)8-6-12/h5-8H,9,11H2,1-4H3. The first-order chi connectivity index (χ1) is 9.84. The van der Waals surface area contributed by atoms with Gasteiger partial charge in [0.1, 0.15) is 5.60 Å². The Hall–Kier alpha value is -2.19. The van der Waals surface area contributed by atoms with Crippen LogP contribution in [0.1, 0.15) is 31.9 Å². The molecule has 1 rings (SSSR count). The molecular weight excluding hydrogens is 268 g/mol. The third-order valence-corrected chi connectivity index (χ3v) is 2.45. The number of ether oxygens (including phenoxy) is 2. The van der Waals surface area contributed by atoms with Crippen LogP contribution in [0.5, 0.6) is 0 Å². The molecule has 0 aliphatic carbocycles. The van der Waals surface area contributed by atoms with Crippen LogP contribution in [0, 0.1) is 11.3 Å². The van der Waals surface area contributed by atoms with Crippen molar-refractivity contribution < 1.29 is 14.3 Å². The summed E-state index contributed by atoms with van der Waals surface area (Å²) >= 11 is 0. The Labute approximate surface area is 125 Å².